The molecule has 4 rings (SSSR count). The molecule has 0 spiro atoms. The van der Waals surface area contributed by atoms with Crippen molar-refractivity contribution in [1.82, 2.24) is 10.4 Å². The molecule has 0 aliphatic carbocycles. The number of nitro benzene ring substituents is 1. The molecule has 39 heavy (non-hydrogen) atoms. The van der Waals surface area contributed by atoms with Gasteiger partial charge in [-0.1, -0.05) is 30.3 Å². The molecule has 0 unspecified atom stereocenters. The molecule has 0 fully saturated rings. The summed E-state index contributed by atoms with van der Waals surface area (Å²) in [7, 11) is 0. The minimum Gasteiger partial charge on any atom is -0.488 e. The number of hydrogen-bond acceptors (Lipinski definition) is 8. The molecule has 0 saturated heterocycles. The maximum absolute atomic E-state index is 12.9. The maximum atomic E-state index is 12.9. The van der Waals surface area contributed by atoms with Crippen LogP contribution in [0.1, 0.15) is 22.4 Å². The van der Waals surface area contributed by atoms with Gasteiger partial charge >= 0.3 is 6.18 Å². The number of amides is 1. The van der Waals surface area contributed by atoms with Gasteiger partial charge in [-0.15, -0.1) is 11.3 Å². The van der Waals surface area contributed by atoms with Crippen LogP contribution in [-0.4, -0.2) is 22.0 Å². The highest BCUT2D eigenvalue weighted by Crippen LogP contribution is 2.32. The van der Waals surface area contributed by atoms with E-state index in [9.17, 15) is 28.1 Å². The topological polar surface area (TPSA) is 119 Å². The van der Waals surface area contributed by atoms with Crippen molar-refractivity contribution in [1.29, 1.82) is 0 Å². The molecule has 1 aromatic heterocycles. The van der Waals surface area contributed by atoms with Crippen LogP contribution in [0.5, 0.6) is 5.75 Å². The number of para-hydroxylation sites is 1. The minimum atomic E-state index is -4.46. The summed E-state index contributed by atoms with van der Waals surface area (Å²) >= 11 is 1.15. The zero-order valence-corrected chi connectivity index (χ0v) is 20.8. The van der Waals surface area contributed by atoms with Crippen molar-refractivity contribution in [2.75, 3.05) is 5.32 Å². The Labute approximate surface area is 224 Å². The number of hydrogen-bond donors (Lipinski definition) is 2. The van der Waals surface area contributed by atoms with E-state index in [0.29, 0.717) is 27.7 Å². The van der Waals surface area contributed by atoms with Gasteiger partial charge in [-0.05, 0) is 35.9 Å². The van der Waals surface area contributed by atoms with Crippen LogP contribution in [0.3, 0.4) is 0 Å². The standard InChI is InChI=1S/C26H20F3N5O4S/c27-26(28,29)19-7-4-8-20(12-19)31-25-32-21(16-39-25)13-24(35)33-30-14-18-6-1-2-10-23(18)38-15-17-5-3-9-22(11-17)34(36)37/h1-12,14,16H,13,15H2,(H,31,32)(H,33,35)/b30-14-. The Hall–Kier alpha value is -4.78. The average molecular weight is 556 g/mol. The van der Waals surface area contributed by atoms with E-state index in [1.165, 1.54) is 30.5 Å². The number of non-ortho nitro benzene ring substituents is 1. The number of nitrogens with zero attached hydrogens (tertiary/aromatic N) is 3. The number of carbonyl (C=O) groups excluding carboxylic acids is 1. The first-order chi connectivity index (χ1) is 18.7. The quantitative estimate of drug-likeness (QED) is 0.139. The average Bonchev–Trinajstić information content (AvgIpc) is 3.34. The van der Waals surface area contributed by atoms with E-state index in [0.717, 1.165) is 23.5 Å². The van der Waals surface area contributed by atoms with E-state index in [4.69, 9.17) is 4.74 Å². The molecule has 0 radical (unpaired) electrons. The fraction of sp³-hybridized carbons (Fsp3) is 0.115. The van der Waals surface area contributed by atoms with Gasteiger partial charge in [0.2, 0.25) is 5.91 Å². The summed E-state index contributed by atoms with van der Waals surface area (Å²) in [4.78, 5) is 27.0. The van der Waals surface area contributed by atoms with E-state index in [1.807, 2.05) is 0 Å². The SMILES string of the molecule is O=C(Cc1csc(Nc2cccc(C(F)(F)F)c2)n1)N/N=C\c1ccccc1OCc1cccc([N+](=O)[O-])c1. The molecule has 9 nitrogen and oxygen atoms in total. The Morgan fingerprint density at radius 2 is 1.90 bits per heavy atom. The van der Waals surface area contributed by atoms with Gasteiger partial charge in [0.1, 0.15) is 12.4 Å². The monoisotopic (exact) mass is 555 g/mol. The lowest BCUT2D eigenvalue weighted by Gasteiger charge is -2.09. The Bertz CT molecular complexity index is 1510. The first-order valence-corrected chi connectivity index (χ1v) is 12.2. The van der Waals surface area contributed by atoms with Crippen molar-refractivity contribution in [2.24, 2.45) is 5.10 Å². The van der Waals surface area contributed by atoms with Gasteiger partial charge in [0.05, 0.1) is 28.8 Å². The number of aromatic nitrogens is 1. The third-order valence-electron chi connectivity index (χ3n) is 5.16. The molecule has 0 bridgehead atoms. The van der Waals surface area contributed by atoms with Gasteiger partial charge in [0, 0.05) is 28.8 Å². The molecule has 2 N–H and O–H groups in total. The highest BCUT2D eigenvalue weighted by molar-refractivity contribution is 7.13. The number of halogens is 3. The Balaban J connectivity index is 1.31. The molecular weight excluding hydrogens is 535 g/mol. The Morgan fingerprint density at radius 1 is 1.10 bits per heavy atom. The number of ether oxygens (including phenoxy) is 1. The van der Waals surface area contributed by atoms with Crippen molar-refractivity contribution in [3.8, 4) is 5.75 Å². The van der Waals surface area contributed by atoms with Crippen LogP contribution >= 0.6 is 11.3 Å². The third kappa shape index (κ3) is 7.85. The van der Waals surface area contributed by atoms with Crippen LogP contribution in [0.15, 0.2) is 83.3 Å². The van der Waals surface area contributed by atoms with Crippen LogP contribution in [0.2, 0.25) is 0 Å². The Morgan fingerprint density at radius 3 is 2.69 bits per heavy atom. The van der Waals surface area contributed by atoms with E-state index in [-0.39, 0.29) is 24.4 Å². The lowest BCUT2D eigenvalue weighted by Crippen LogP contribution is -2.20. The molecular formula is C26H20F3N5O4S. The van der Waals surface area contributed by atoms with Crippen LogP contribution in [0.25, 0.3) is 0 Å². The molecule has 4 aromatic rings. The maximum Gasteiger partial charge on any atom is 0.416 e. The van der Waals surface area contributed by atoms with E-state index >= 15 is 0 Å². The highest BCUT2D eigenvalue weighted by atomic mass is 32.1. The zero-order valence-electron chi connectivity index (χ0n) is 20.0. The smallest absolute Gasteiger partial charge is 0.416 e. The largest absolute Gasteiger partial charge is 0.488 e. The molecule has 0 atom stereocenters. The van der Waals surface area contributed by atoms with Crippen molar-refractivity contribution >= 4 is 40.0 Å². The summed E-state index contributed by atoms with van der Waals surface area (Å²) < 4.78 is 44.5. The second kappa shape index (κ2) is 12.2. The number of hydrazone groups is 1. The summed E-state index contributed by atoms with van der Waals surface area (Å²) in [5.41, 5.74) is 3.43. The summed E-state index contributed by atoms with van der Waals surface area (Å²) in [5.74, 6) is 0.0176. The highest BCUT2D eigenvalue weighted by Gasteiger charge is 2.30. The molecule has 3 aromatic carbocycles. The molecule has 0 aliphatic rings. The van der Waals surface area contributed by atoms with E-state index in [1.54, 1.807) is 41.8 Å². The fourth-order valence-electron chi connectivity index (χ4n) is 3.36. The van der Waals surface area contributed by atoms with Crippen LogP contribution < -0.4 is 15.5 Å². The van der Waals surface area contributed by atoms with E-state index in [2.05, 4.69) is 20.8 Å². The third-order valence-corrected chi connectivity index (χ3v) is 5.97. The summed E-state index contributed by atoms with van der Waals surface area (Å²) in [6.45, 7) is 0.0968. The van der Waals surface area contributed by atoms with Crippen molar-refractivity contribution in [2.45, 2.75) is 19.2 Å². The predicted octanol–water partition coefficient (Wildman–Crippen LogP) is 6.09. The van der Waals surface area contributed by atoms with Crippen molar-refractivity contribution in [3.05, 3.63) is 111 Å². The normalized spacial score (nSPS) is 11.4. The number of thiazole rings is 1. The molecule has 0 aliphatic heterocycles. The van der Waals surface area contributed by atoms with E-state index < -0.39 is 22.6 Å². The van der Waals surface area contributed by atoms with Gasteiger partial charge in [-0.25, -0.2) is 10.4 Å². The minimum absolute atomic E-state index is 0.0349. The van der Waals surface area contributed by atoms with Crippen LogP contribution in [0, 0.1) is 10.1 Å². The van der Waals surface area contributed by atoms with Crippen molar-refractivity contribution in [3.63, 3.8) is 0 Å². The number of benzene rings is 3. The second-order valence-corrected chi connectivity index (χ2v) is 8.93. The lowest BCUT2D eigenvalue weighted by molar-refractivity contribution is -0.384. The number of nitrogens with one attached hydrogen (secondary N) is 2. The molecule has 1 amide bonds. The molecule has 0 saturated carbocycles. The van der Waals surface area contributed by atoms with Gasteiger partial charge in [-0.2, -0.15) is 18.3 Å². The zero-order chi connectivity index (χ0) is 27.8. The molecule has 13 heteroatoms. The second-order valence-electron chi connectivity index (χ2n) is 8.07. The fourth-order valence-corrected chi connectivity index (χ4v) is 4.09. The first kappa shape index (κ1) is 27.3. The van der Waals surface area contributed by atoms with Crippen molar-refractivity contribution < 1.29 is 27.6 Å². The summed E-state index contributed by atoms with van der Waals surface area (Å²) in [5, 5.41) is 19.7. The lowest BCUT2D eigenvalue weighted by atomic mass is 10.2. The summed E-state index contributed by atoms with van der Waals surface area (Å²) in [6, 6.07) is 17.8. The number of alkyl halides is 3. The number of nitro groups is 1. The van der Waals surface area contributed by atoms with Crippen LogP contribution in [-0.2, 0) is 24.0 Å². The van der Waals surface area contributed by atoms with Crippen LogP contribution in [0.4, 0.5) is 29.7 Å². The van der Waals surface area contributed by atoms with Gasteiger partial charge < -0.3 is 10.1 Å². The predicted molar refractivity (Wildman–Crippen MR) is 140 cm³/mol. The number of carbonyl (C=O) groups is 1. The summed E-state index contributed by atoms with van der Waals surface area (Å²) in [6.07, 6.45) is -3.15. The number of rotatable bonds is 10. The van der Waals surface area contributed by atoms with Gasteiger partial charge in [-0.3, -0.25) is 14.9 Å². The number of anilines is 2. The van der Waals surface area contributed by atoms with Gasteiger partial charge in [0.25, 0.3) is 5.69 Å². The Kier molecular flexibility index (Phi) is 8.51. The first-order valence-electron chi connectivity index (χ1n) is 11.3. The molecule has 200 valence electrons. The molecule has 1 heterocycles. The van der Waals surface area contributed by atoms with Gasteiger partial charge in [0.15, 0.2) is 5.13 Å².